The van der Waals surface area contributed by atoms with E-state index < -0.39 is 0 Å². The molecule has 0 aliphatic rings. The first-order chi connectivity index (χ1) is 61.3. The molecule has 20 rings (SSSR count). The quantitative estimate of drug-likeness (QED) is 0.0798. The average molecular weight is 1610 g/mol. The van der Waals surface area contributed by atoms with Crippen LogP contribution in [-0.4, -0.2) is 42.6 Å². The number of hydrogen-bond acceptors (Lipinski definition) is 8. The minimum absolute atomic E-state index is 0.202. The molecule has 8 nitrogen and oxygen atoms in total. The standard InChI is InChI=1S/C57H39N3.C42H30BO2.C15H10ClN3/c1-7-19-40(20-8-1)46-31-47(41-21-9-2-10-22-41)34-50(33-46)52-37-53(51-35-48(42-23-11-3-12-24-42)32-49(36-51)43-25-13-4-14-26-43)39-54(38-52)57-59-55(44-27-15-5-16-28-44)58-56(60-57)45-29-17-6-18-30-45;44-43-45-42-28-40(38-23-34(30-13-5-1-6-14-30)21-35(24-38)31-15-7-2-8-16-31)27-41(29-42)39-25-36(32-17-9-3-10-18-32)22-37(26-39)33-19-11-4-12-20-33;16-15-18-13(11-7-3-1-4-8-11)17-14(19-15)12-9-5-2-6-10-12/h1-39H;1-29,44H;1-10H. The number of rotatable bonds is 19. The lowest BCUT2D eigenvalue weighted by Crippen LogP contribution is -2.00. The lowest BCUT2D eigenvalue weighted by Gasteiger charge is -2.16. The van der Waals surface area contributed by atoms with Crippen LogP contribution in [-0.2, 0) is 0 Å². The number of benzene rings is 18. The molecular formula is C114H79BClN6O2. The van der Waals surface area contributed by atoms with Gasteiger partial charge in [-0.25, -0.2) is 19.9 Å². The van der Waals surface area contributed by atoms with Crippen LogP contribution >= 0.6 is 11.6 Å². The van der Waals surface area contributed by atoms with Gasteiger partial charge in [-0.05, 0) is 254 Å². The molecule has 124 heavy (non-hydrogen) atoms. The molecular weight excluding hydrogens is 1530 g/mol. The van der Waals surface area contributed by atoms with Gasteiger partial charge in [-0.2, -0.15) is 9.97 Å². The first-order valence-electron chi connectivity index (χ1n) is 41.1. The Morgan fingerprint density at radius 2 is 0.282 bits per heavy atom. The smallest absolute Gasteiger partial charge is 0.537 e. The lowest BCUT2D eigenvalue weighted by atomic mass is 9.89. The molecule has 0 atom stereocenters. The molecule has 1 N–H and O–H groups in total. The average Bonchev–Trinajstić information content (AvgIpc) is 0.771. The minimum atomic E-state index is 0.202. The summed E-state index contributed by atoms with van der Waals surface area (Å²) in [5.74, 6) is 3.58. The largest absolute Gasteiger partial charge is 0.569 e. The van der Waals surface area contributed by atoms with Crippen LogP contribution in [0.25, 0.3) is 190 Å². The molecule has 0 spiro atoms. The molecule has 0 aliphatic carbocycles. The van der Waals surface area contributed by atoms with Gasteiger partial charge < -0.3 is 9.68 Å². The summed E-state index contributed by atoms with van der Waals surface area (Å²) in [6.07, 6.45) is 0. The Labute approximate surface area is 728 Å². The maximum absolute atomic E-state index is 9.67. The van der Waals surface area contributed by atoms with Crippen LogP contribution in [0.4, 0.5) is 0 Å². The molecule has 1 radical (unpaired) electrons. The van der Waals surface area contributed by atoms with Crippen LogP contribution in [0.2, 0.25) is 5.28 Å². The van der Waals surface area contributed by atoms with Crippen LogP contribution < -0.4 is 4.65 Å². The fraction of sp³-hybridized carbons (Fsp3) is 0. The number of aromatic nitrogens is 6. The second-order valence-electron chi connectivity index (χ2n) is 29.9. The Morgan fingerprint density at radius 1 is 0.153 bits per heavy atom. The molecule has 20 aromatic rings. The molecule has 0 aliphatic heterocycles. The maximum Gasteiger partial charge on any atom is 0.569 e. The van der Waals surface area contributed by atoms with E-state index in [1.165, 1.54) is 0 Å². The third kappa shape index (κ3) is 19.2. The third-order valence-corrected chi connectivity index (χ3v) is 21.7. The van der Waals surface area contributed by atoms with E-state index in [0.717, 1.165) is 169 Å². The van der Waals surface area contributed by atoms with Crippen molar-refractivity contribution in [1.29, 1.82) is 0 Å². The highest BCUT2D eigenvalue weighted by Crippen LogP contribution is 2.43. The molecule has 0 unspecified atom stereocenters. The zero-order valence-electron chi connectivity index (χ0n) is 67.5. The normalized spacial score (nSPS) is 10.8. The summed E-state index contributed by atoms with van der Waals surface area (Å²) < 4.78 is 5.62. The summed E-state index contributed by atoms with van der Waals surface area (Å²) in [4.78, 5) is 28.2. The zero-order chi connectivity index (χ0) is 83.6. The SMILES string of the molecule is Clc1nc(-c2ccccc2)nc(-c2ccccc2)n1.O[B]Oc1cc(-c2cc(-c3ccccc3)cc(-c3ccccc3)c2)cc(-c2cc(-c3ccccc3)cc(-c3ccccc3)c2)c1.c1ccc(-c2cc(-c3ccccc3)cc(-c3cc(-c4cc(-c5ccccc5)cc(-c5ccccc5)c4)cc(-c4nc(-c5ccccc5)nc(-c5ccccc5)n4)c3)c2)cc1. The van der Waals surface area contributed by atoms with Crippen molar-refractivity contribution in [2.45, 2.75) is 0 Å². The number of hydrogen-bond donors (Lipinski definition) is 1. The highest BCUT2D eigenvalue weighted by Gasteiger charge is 2.20. The van der Waals surface area contributed by atoms with Crippen molar-refractivity contribution in [3.8, 4) is 196 Å². The van der Waals surface area contributed by atoms with Gasteiger partial charge in [-0.1, -0.05) is 364 Å². The summed E-state index contributed by atoms with van der Waals surface area (Å²) in [5.41, 5.74) is 31.4. The number of halogens is 1. The molecule has 10 heteroatoms. The first kappa shape index (κ1) is 79.2. The van der Waals surface area contributed by atoms with Gasteiger partial charge in [0.05, 0.1) is 0 Å². The fourth-order valence-corrected chi connectivity index (χ4v) is 15.6. The van der Waals surface area contributed by atoms with Gasteiger partial charge in [0.2, 0.25) is 5.28 Å². The predicted octanol–water partition coefficient (Wildman–Crippen LogP) is 29.3. The predicted molar refractivity (Wildman–Crippen MR) is 512 cm³/mol. The van der Waals surface area contributed by atoms with Crippen molar-refractivity contribution >= 4 is 19.3 Å². The van der Waals surface area contributed by atoms with Gasteiger partial charge in [0.15, 0.2) is 29.1 Å². The van der Waals surface area contributed by atoms with Gasteiger partial charge in [-0.3, -0.25) is 0 Å². The van der Waals surface area contributed by atoms with Crippen molar-refractivity contribution in [3.63, 3.8) is 0 Å². The maximum atomic E-state index is 9.67. The summed E-state index contributed by atoms with van der Waals surface area (Å²) >= 11 is 5.99. The van der Waals surface area contributed by atoms with Crippen molar-refractivity contribution in [2.75, 3.05) is 0 Å². The van der Waals surface area contributed by atoms with E-state index in [0.29, 0.717) is 34.9 Å². The van der Waals surface area contributed by atoms with Crippen molar-refractivity contribution in [2.24, 2.45) is 0 Å². The molecule has 587 valence electrons. The molecule has 2 aromatic heterocycles. The molecule has 0 saturated carbocycles. The van der Waals surface area contributed by atoms with Crippen LogP contribution in [0, 0.1) is 0 Å². The van der Waals surface area contributed by atoms with Crippen LogP contribution in [0.5, 0.6) is 5.75 Å². The van der Waals surface area contributed by atoms with Gasteiger partial charge in [0.25, 0.3) is 0 Å². The summed E-state index contributed by atoms with van der Waals surface area (Å²) in [5, 5.41) is 9.87. The molecule has 0 amide bonds. The molecule has 2 heterocycles. The topological polar surface area (TPSA) is 107 Å². The highest BCUT2D eigenvalue weighted by atomic mass is 35.5. The van der Waals surface area contributed by atoms with Gasteiger partial charge in [0, 0.05) is 27.8 Å². The zero-order valence-corrected chi connectivity index (χ0v) is 68.3. The van der Waals surface area contributed by atoms with Crippen LogP contribution in [0.3, 0.4) is 0 Å². The van der Waals surface area contributed by atoms with E-state index in [1.54, 1.807) is 0 Å². The van der Waals surface area contributed by atoms with Gasteiger partial charge >= 0.3 is 7.69 Å². The van der Waals surface area contributed by atoms with E-state index in [-0.39, 0.29) is 5.28 Å². The second kappa shape index (κ2) is 38.0. The summed E-state index contributed by atoms with van der Waals surface area (Å²) in [6.45, 7) is 0. The van der Waals surface area contributed by atoms with Crippen molar-refractivity contribution in [1.82, 2.24) is 29.9 Å². The Morgan fingerprint density at radius 3 is 0.452 bits per heavy atom. The first-order valence-corrected chi connectivity index (χ1v) is 41.5. The molecule has 18 aromatic carbocycles. The Kier molecular flexibility index (Phi) is 24.3. The van der Waals surface area contributed by atoms with E-state index in [4.69, 9.17) is 31.2 Å². The Bertz CT molecular complexity index is 6160. The van der Waals surface area contributed by atoms with E-state index in [1.807, 2.05) is 133 Å². The number of nitrogens with zero attached hydrogens (tertiary/aromatic N) is 6. The van der Waals surface area contributed by atoms with E-state index in [2.05, 4.69) is 355 Å². The third-order valence-electron chi connectivity index (χ3n) is 21.6. The molecule has 0 saturated heterocycles. The Balaban J connectivity index is 0.000000143. The van der Waals surface area contributed by atoms with Crippen molar-refractivity contribution < 1.29 is 9.68 Å². The van der Waals surface area contributed by atoms with E-state index >= 15 is 0 Å². The van der Waals surface area contributed by atoms with Gasteiger partial charge in [-0.15, -0.1) is 0 Å². The minimum Gasteiger partial charge on any atom is -0.537 e. The highest BCUT2D eigenvalue weighted by molar-refractivity contribution is 6.28. The molecule has 0 bridgehead atoms. The summed E-state index contributed by atoms with van der Waals surface area (Å²) in [6, 6.07) is 164. The fourth-order valence-electron chi connectivity index (χ4n) is 15.4. The van der Waals surface area contributed by atoms with Gasteiger partial charge in [0.1, 0.15) is 5.75 Å². The Hall–Kier alpha value is -15.9. The second-order valence-corrected chi connectivity index (χ2v) is 30.3. The summed E-state index contributed by atoms with van der Waals surface area (Å²) in [7, 11) is 0.745. The lowest BCUT2D eigenvalue weighted by molar-refractivity contribution is 0.454. The molecule has 0 fully saturated rings. The van der Waals surface area contributed by atoms with Crippen LogP contribution in [0.1, 0.15) is 0 Å². The van der Waals surface area contributed by atoms with Crippen molar-refractivity contribution in [3.05, 3.63) is 478 Å². The monoisotopic (exact) mass is 1610 g/mol. The van der Waals surface area contributed by atoms with Crippen LogP contribution in [0.15, 0.2) is 473 Å². The van der Waals surface area contributed by atoms with E-state index in [9.17, 15) is 5.02 Å².